The lowest BCUT2D eigenvalue weighted by molar-refractivity contribution is -0.150. The van der Waals surface area contributed by atoms with Crippen molar-refractivity contribution in [3.8, 4) is 0 Å². The number of aromatic amines is 2. The molecule has 0 spiro atoms. The van der Waals surface area contributed by atoms with Crippen LogP contribution in [0.15, 0.2) is 35.1 Å². The number of nitrogens with one attached hydrogen (secondary N) is 2. The maximum atomic E-state index is 14.2. The average Bonchev–Trinajstić information content (AvgIpc) is 3.21. The summed E-state index contributed by atoms with van der Waals surface area (Å²) in [6, 6.07) is 4.14. The van der Waals surface area contributed by atoms with Crippen LogP contribution in [-0.4, -0.2) is 41.5 Å². The van der Waals surface area contributed by atoms with Crippen molar-refractivity contribution in [2.75, 3.05) is 20.8 Å². The van der Waals surface area contributed by atoms with Crippen LogP contribution in [-0.2, 0) is 9.47 Å². The summed E-state index contributed by atoms with van der Waals surface area (Å²) in [4.78, 5) is 32.5. The Morgan fingerprint density at radius 2 is 1.65 bits per heavy atom. The molecule has 1 amide bonds. The smallest absolute Gasteiger partial charge is 0.270 e. The van der Waals surface area contributed by atoms with Gasteiger partial charge in [-0.05, 0) is 29.7 Å². The number of ether oxygens (including phenoxy) is 2. The number of H-pyrrole nitrogens is 2. The number of amides is 1. The highest BCUT2D eigenvalue weighted by molar-refractivity contribution is 5.98. The number of likely N-dealkylation sites (N-methyl/N-ethyl adjacent to an activating group) is 1. The number of halogens is 4. The van der Waals surface area contributed by atoms with Crippen LogP contribution in [0, 0.1) is 23.3 Å². The van der Waals surface area contributed by atoms with Gasteiger partial charge >= 0.3 is 0 Å². The van der Waals surface area contributed by atoms with Crippen molar-refractivity contribution in [1.82, 2.24) is 14.9 Å². The molecule has 34 heavy (non-hydrogen) atoms. The number of fused-ring (bicyclic) bond motifs is 4. The van der Waals surface area contributed by atoms with Crippen molar-refractivity contribution in [2.45, 2.75) is 12.3 Å². The second-order valence-electron chi connectivity index (χ2n) is 7.96. The Morgan fingerprint density at radius 3 is 2.35 bits per heavy atom. The Bertz CT molecular complexity index is 1490. The molecule has 5 rings (SSSR count). The zero-order valence-corrected chi connectivity index (χ0v) is 17.8. The second-order valence-corrected chi connectivity index (χ2v) is 7.96. The summed E-state index contributed by atoms with van der Waals surface area (Å²) in [6.07, 6.45) is -1.00. The molecule has 3 heterocycles. The molecular formula is C23H17F4N3O4. The van der Waals surface area contributed by atoms with E-state index in [1.807, 2.05) is 0 Å². The van der Waals surface area contributed by atoms with E-state index >= 15 is 0 Å². The first kappa shape index (κ1) is 22.1. The fourth-order valence-electron chi connectivity index (χ4n) is 4.31. The Labute approximate surface area is 188 Å². The number of aromatic nitrogens is 2. The van der Waals surface area contributed by atoms with Gasteiger partial charge in [0.1, 0.15) is 5.69 Å². The Hall–Kier alpha value is -3.70. The van der Waals surface area contributed by atoms with E-state index in [0.29, 0.717) is 10.9 Å². The molecule has 0 fully saturated rings. The van der Waals surface area contributed by atoms with Crippen LogP contribution in [0.25, 0.3) is 21.7 Å². The van der Waals surface area contributed by atoms with Gasteiger partial charge in [0.15, 0.2) is 29.6 Å². The van der Waals surface area contributed by atoms with Crippen LogP contribution in [0.1, 0.15) is 34.1 Å². The van der Waals surface area contributed by atoms with Gasteiger partial charge in [-0.25, -0.2) is 17.6 Å². The molecule has 0 saturated carbocycles. The summed E-state index contributed by atoms with van der Waals surface area (Å²) in [7, 11) is 2.80. The molecule has 2 atom stereocenters. The lowest BCUT2D eigenvalue weighted by Gasteiger charge is -2.36. The molecule has 4 aromatic rings. The van der Waals surface area contributed by atoms with E-state index in [9.17, 15) is 27.2 Å². The molecule has 0 saturated heterocycles. The van der Waals surface area contributed by atoms with Crippen LogP contribution in [0.3, 0.4) is 0 Å². The largest absolute Gasteiger partial charge is 0.350 e. The molecule has 2 aromatic heterocycles. The fraction of sp³-hybridized carbons (Fsp3) is 0.217. The summed E-state index contributed by atoms with van der Waals surface area (Å²) in [5.41, 5.74) is 0.0949. The zero-order valence-electron chi connectivity index (χ0n) is 17.8. The highest BCUT2D eigenvalue weighted by Crippen LogP contribution is 2.39. The van der Waals surface area contributed by atoms with Gasteiger partial charge in [0, 0.05) is 36.7 Å². The molecule has 2 unspecified atom stereocenters. The number of hydrogen-bond donors (Lipinski definition) is 2. The zero-order chi connectivity index (χ0) is 24.3. The van der Waals surface area contributed by atoms with E-state index in [2.05, 4.69) is 9.97 Å². The number of pyridine rings is 1. The summed E-state index contributed by atoms with van der Waals surface area (Å²) in [5.74, 6) is -5.02. The van der Waals surface area contributed by atoms with Crippen molar-refractivity contribution in [1.29, 1.82) is 0 Å². The number of hydrogen-bond acceptors (Lipinski definition) is 4. The number of benzene rings is 2. The molecule has 0 aliphatic carbocycles. The van der Waals surface area contributed by atoms with Crippen molar-refractivity contribution in [2.24, 2.45) is 0 Å². The average molecular weight is 475 g/mol. The molecular weight excluding hydrogens is 458 g/mol. The molecule has 0 radical (unpaired) electrons. The van der Waals surface area contributed by atoms with Crippen molar-refractivity contribution in [3.63, 3.8) is 0 Å². The van der Waals surface area contributed by atoms with Gasteiger partial charge in [-0.2, -0.15) is 0 Å². The molecule has 1 aliphatic rings. The highest BCUT2D eigenvalue weighted by atomic mass is 19.2. The topological polar surface area (TPSA) is 87.4 Å². The third-order valence-corrected chi connectivity index (χ3v) is 6.00. The molecule has 2 N–H and O–H groups in total. The van der Waals surface area contributed by atoms with Gasteiger partial charge in [0.05, 0.1) is 23.7 Å². The molecule has 11 heteroatoms. The van der Waals surface area contributed by atoms with Crippen LogP contribution in [0.5, 0.6) is 0 Å². The predicted molar refractivity (Wildman–Crippen MR) is 113 cm³/mol. The third kappa shape index (κ3) is 3.35. The van der Waals surface area contributed by atoms with Gasteiger partial charge in [-0.3, -0.25) is 9.59 Å². The molecule has 7 nitrogen and oxygen atoms in total. The number of methoxy groups -OCH3 is 1. The van der Waals surface area contributed by atoms with Crippen LogP contribution >= 0.6 is 0 Å². The van der Waals surface area contributed by atoms with E-state index in [1.165, 1.54) is 25.1 Å². The standard InChI is InChI=1S/C23H17F4N3O4/c1-30(22(32)17-4-9-3-12(24)15(27)7-16(9)28-17)18-8-34-23(33-2)20-19(18)10-5-13(25)14(26)6-11(10)21(31)29-20/h3-7,18,23,28H,8H2,1-2H3,(H,29,31). The monoisotopic (exact) mass is 475 g/mol. The van der Waals surface area contributed by atoms with Crippen molar-refractivity contribution in [3.05, 3.63) is 80.9 Å². The van der Waals surface area contributed by atoms with Gasteiger partial charge in [0.2, 0.25) is 0 Å². The Kier molecular flexibility index (Phi) is 5.18. The number of nitrogens with zero attached hydrogens (tertiary/aromatic N) is 1. The number of carbonyl (C=O) groups is 1. The molecule has 0 bridgehead atoms. The first-order valence-electron chi connectivity index (χ1n) is 10.1. The van der Waals surface area contributed by atoms with E-state index in [0.717, 1.165) is 24.3 Å². The quantitative estimate of drug-likeness (QED) is 0.438. The molecule has 2 aromatic carbocycles. The van der Waals surface area contributed by atoms with Gasteiger partial charge < -0.3 is 24.3 Å². The highest BCUT2D eigenvalue weighted by Gasteiger charge is 2.36. The number of carbonyl (C=O) groups excluding carboxylic acids is 1. The van der Waals surface area contributed by atoms with Gasteiger partial charge in [-0.1, -0.05) is 0 Å². The molecule has 176 valence electrons. The SMILES string of the molecule is COC1OCC(N(C)C(=O)c2cc3cc(F)c(F)cc3[nH]2)c2c1[nH]c(=O)c1cc(F)c(F)cc21. The van der Waals surface area contributed by atoms with E-state index in [1.54, 1.807) is 0 Å². The van der Waals surface area contributed by atoms with E-state index in [4.69, 9.17) is 9.47 Å². The summed E-state index contributed by atoms with van der Waals surface area (Å²) >= 11 is 0. The van der Waals surface area contributed by atoms with Crippen LogP contribution < -0.4 is 5.56 Å². The Balaban J connectivity index is 1.64. The van der Waals surface area contributed by atoms with Crippen molar-refractivity contribution < 1.29 is 31.8 Å². The fourth-order valence-corrected chi connectivity index (χ4v) is 4.31. The lowest BCUT2D eigenvalue weighted by atomic mass is 9.94. The molecule has 1 aliphatic heterocycles. The minimum atomic E-state index is -1.19. The van der Waals surface area contributed by atoms with E-state index < -0.39 is 47.1 Å². The first-order chi connectivity index (χ1) is 16.2. The predicted octanol–water partition coefficient (Wildman–Crippen LogP) is 4.05. The van der Waals surface area contributed by atoms with E-state index in [-0.39, 0.29) is 34.3 Å². The van der Waals surface area contributed by atoms with Gasteiger partial charge in [-0.15, -0.1) is 0 Å². The third-order valence-electron chi connectivity index (χ3n) is 6.00. The van der Waals surface area contributed by atoms with Gasteiger partial charge in [0.25, 0.3) is 11.5 Å². The summed E-state index contributed by atoms with van der Waals surface area (Å²) in [5, 5.41) is 0.299. The van der Waals surface area contributed by atoms with Crippen LogP contribution in [0.2, 0.25) is 0 Å². The first-order valence-corrected chi connectivity index (χ1v) is 10.1. The summed E-state index contributed by atoms with van der Waals surface area (Å²) in [6.45, 7) is -0.0859. The summed E-state index contributed by atoms with van der Waals surface area (Å²) < 4.78 is 66.1. The maximum absolute atomic E-state index is 14.2. The maximum Gasteiger partial charge on any atom is 0.270 e. The lowest BCUT2D eigenvalue weighted by Crippen LogP contribution is -2.39. The van der Waals surface area contributed by atoms with Crippen LogP contribution in [0.4, 0.5) is 17.6 Å². The van der Waals surface area contributed by atoms with Crippen molar-refractivity contribution >= 4 is 27.6 Å². The normalized spacial score (nSPS) is 17.8. The Morgan fingerprint density at radius 1 is 1.00 bits per heavy atom. The minimum absolute atomic E-state index is 0.0453. The second kappa shape index (κ2) is 7.96. The number of rotatable bonds is 3. The minimum Gasteiger partial charge on any atom is -0.350 e.